The first kappa shape index (κ1) is 9.77. The molecule has 2 aliphatic rings. The topological polar surface area (TPSA) is 32.8 Å². The summed E-state index contributed by atoms with van der Waals surface area (Å²) in [5, 5.41) is 0. The average molecular weight is 198 g/mol. The summed E-state index contributed by atoms with van der Waals surface area (Å²) >= 11 is 0. The van der Waals surface area contributed by atoms with Gasteiger partial charge in [0.1, 0.15) is 6.61 Å². The van der Waals surface area contributed by atoms with Gasteiger partial charge >= 0.3 is 6.09 Å². The Hall–Kier alpha value is -0.770. The largest absolute Gasteiger partial charge is 0.449 e. The SMILES string of the molecule is CN1CCC2N(C)C(=O)OCC2(C)C1. The predicted octanol–water partition coefficient (Wildman–Crippen LogP) is 0.779. The summed E-state index contributed by atoms with van der Waals surface area (Å²) in [6.45, 7) is 4.84. The van der Waals surface area contributed by atoms with Crippen LogP contribution >= 0.6 is 0 Å². The molecule has 0 N–H and O–H groups in total. The van der Waals surface area contributed by atoms with Gasteiger partial charge in [0.2, 0.25) is 0 Å². The van der Waals surface area contributed by atoms with Crippen molar-refractivity contribution in [1.29, 1.82) is 0 Å². The number of cyclic esters (lactones) is 1. The second-order valence-electron chi connectivity index (χ2n) is 4.86. The maximum atomic E-state index is 11.4. The van der Waals surface area contributed by atoms with E-state index in [2.05, 4.69) is 18.9 Å². The molecule has 2 atom stereocenters. The van der Waals surface area contributed by atoms with Crippen molar-refractivity contribution >= 4 is 6.09 Å². The highest BCUT2D eigenvalue weighted by molar-refractivity contribution is 5.68. The van der Waals surface area contributed by atoms with Crippen molar-refractivity contribution in [3.63, 3.8) is 0 Å². The fraction of sp³-hybridized carbons (Fsp3) is 0.900. The van der Waals surface area contributed by atoms with Crippen LogP contribution in [0.5, 0.6) is 0 Å². The minimum Gasteiger partial charge on any atom is -0.449 e. The molecule has 0 aromatic carbocycles. The molecule has 14 heavy (non-hydrogen) atoms. The average Bonchev–Trinajstić information content (AvgIpc) is 2.12. The summed E-state index contributed by atoms with van der Waals surface area (Å²) in [4.78, 5) is 15.4. The van der Waals surface area contributed by atoms with Gasteiger partial charge < -0.3 is 14.5 Å². The molecule has 2 fully saturated rings. The van der Waals surface area contributed by atoms with Gasteiger partial charge in [-0.1, -0.05) is 6.92 Å². The summed E-state index contributed by atoms with van der Waals surface area (Å²) in [5.41, 5.74) is 0.107. The minimum atomic E-state index is -0.169. The van der Waals surface area contributed by atoms with Crippen LogP contribution < -0.4 is 0 Å². The fourth-order valence-electron chi connectivity index (χ4n) is 2.75. The van der Waals surface area contributed by atoms with Crippen LogP contribution in [0.2, 0.25) is 0 Å². The summed E-state index contributed by atoms with van der Waals surface area (Å²) in [6, 6.07) is 0.347. The zero-order valence-corrected chi connectivity index (χ0v) is 9.12. The quantitative estimate of drug-likeness (QED) is 0.576. The molecule has 2 unspecified atom stereocenters. The van der Waals surface area contributed by atoms with Crippen molar-refractivity contribution in [2.45, 2.75) is 19.4 Å². The first-order valence-corrected chi connectivity index (χ1v) is 5.11. The molecular formula is C10H18N2O2. The van der Waals surface area contributed by atoms with E-state index in [1.54, 1.807) is 4.90 Å². The number of fused-ring (bicyclic) bond motifs is 1. The molecule has 4 nitrogen and oxygen atoms in total. The van der Waals surface area contributed by atoms with E-state index in [1.807, 2.05) is 7.05 Å². The number of carbonyl (C=O) groups is 1. The first-order valence-electron chi connectivity index (χ1n) is 5.11. The summed E-state index contributed by atoms with van der Waals surface area (Å²) in [6.07, 6.45) is 0.885. The van der Waals surface area contributed by atoms with Gasteiger partial charge in [-0.05, 0) is 20.0 Å². The predicted molar refractivity (Wildman–Crippen MR) is 53.1 cm³/mol. The van der Waals surface area contributed by atoms with E-state index in [0.717, 1.165) is 19.5 Å². The molecule has 0 spiro atoms. The van der Waals surface area contributed by atoms with Crippen LogP contribution in [0.3, 0.4) is 0 Å². The molecule has 0 aromatic heterocycles. The van der Waals surface area contributed by atoms with Gasteiger partial charge in [-0.3, -0.25) is 0 Å². The van der Waals surface area contributed by atoms with Crippen LogP contribution in [0, 0.1) is 5.41 Å². The lowest BCUT2D eigenvalue weighted by Gasteiger charge is -2.50. The monoisotopic (exact) mass is 198 g/mol. The van der Waals surface area contributed by atoms with E-state index in [1.165, 1.54) is 0 Å². The molecule has 80 valence electrons. The second kappa shape index (κ2) is 3.12. The maximum Gasteiger partial charge on any atom is 0.409 e. The zero-order chi connectivity index (χ0) is 10.3. The Kier molecular flexibility index (Phi) is 2.18. The highest BCUT2D eigenvalue weighted by Gasteiger charge is 2.46. The van der Waals surface area contributed by atoms with Crippen LogP contribution in [0.1, 0.15) is 13.3 Å². The molecule has 2 aliphatic heterocycles. The Morgan fingerprint density at radius 1 is 1.50 bits per heavy atom. The standard InChI is InChI=1S/C10H18N2O2/c1-10-6-11(2)5-4-8(10)12(3)9(13)14-7-10/h8H,4-7H2,1-3H3. The van der Waals surface area contributed by atoms with Crippen molar-refractivity contribution < 1.29 is 9.53 Å². The van der Waals surface area contributed by atoms with Gasteiger partial charge in [-0.15, -0.1) is 0 Å². The Bertz CT molecular complexity index is 257. The zero-order valence-electron chi connectivity index (χ0n) is 9.12. The molecular weight excluding hydrogens is 180 g/mol. The number of amides is 1. The third-order valence-corrected chi connectivity index (χ3v) is 3.50. The Labute approximate surface area is 84.8 Å². The van der Waals surface area contributed by atoms with Crippen LogP contribution in [0.4, 0.5) is 4.79 Å². The summed E-state index contributed by atoms with van der Waals surface area (Å²) in [5.74, 6) is 0. The molecule has 0 aromatic rings. The van der Waals surface area contributed by atoms with Crippen molar-refractivity contribution in [3.8, 4) is 0 Å². The van der Waals surface area contributed by atoms with Gasteiger partial charge in [0, 0.05) is 25.0 Å². The molecule has 0 radical (unpaired) electrons. The third-order valence-electron chi connectivity index (χ3n) is 3.50. The van der Waals surface area contributed by atoms with Gasteiger partial charge in [0.15, 0.2) is 0 Å². The number of ether oxygens (including phenoxy) is 1. The summed E-state index contributed by atoms with van der Waals surface area (Å²) in [7, 11) is 3.97. The number of hydrogen-bond donors (Lipinski definition) is 0. The van der Waals surface area contributed by atoms with Crippen molar-refractivity contribution in [2.75, 3.05) is 33.8 Å². The van der Waals surface area contributed by atoms with Crippen molar-refractivity contribution in [3.05, 3.63) is 0 Å². The Balaban J connectivity index is 2.19. The van der Waals surface area contributed by atoms with E-state index < -0.39 is 0 Å². The number of hydrogen-bond acceptors (Lipinski definition) is 3. The molecule has 4 heteroatoms. The lowest BCUT2D eigenvalue weighted by atomic mass is 9.76. The number of piperidine rings is 1. The molecule has 0 bridgehead atoms. The first-order chi connectivity index (χ1) is 6.53. The lowest BCUT2D eigenvalue weighted by molar-refractivity contribution is -0.0670. The van der Waals surface area contributed by atoms with E-state index in [4.69, 9.17) is 4.74 Å². The number of likely N-dealkylation sites (tertiary alicyclic amines) is 1. The molecule has 1 amide bonds. The molecule has 2 rings (SSSR count). The highest BCUT2D eigenvalue weighted by Crippen LogP contribution is 2.36. The molecule has 0 saturated carbocycles. The molecule has 0 aliphatic carbocycles. The van der Waals surface area contributed by atoms with E-state index >= 15 is 0 Å². The minimum absolute atomic E-state index is 0.107. The normalized spacial score (nSPS) is 39.2. The van der Waals surface area contributed by atoms with E-state index in [9.17, 15) is 4.79 Å². The van der Waals surface area contributed by atoms with Gasteiger partial charge in [0.05, 0.1) is 0 Å². The van der Waals surface area contributed by atoms with Crippen LogP contribution in [0.15, 0.2) is 0 Å². The Morgan fingerprint density at radius 2 is 2.21 bits per heavy atom. The molecule has 2 saturated heterocycles. The second-order valence-corrected chi connectivity index (χ2v) is 4.86. The number of rotatable bonds is 0. The van der Waals surface area contributed by atoms with Gasteiger partial charge in [0.25, 0.3) is 0 Å². The van der Waals surface area contributed by atoms with Crippen LogP contribution in [0.25, 0.3) is 0 Å². The Morgan fingerprint density at radius 3 is 2.93 bits per heavy atom. The van der Waals surface area contributed by atoms with Crippen molar-refractivity contribution in [1.82, 2.24) is 9.80 Å². The van der Waals surface area contributed by atoms with Crippen LogP contribution in [-0.2, 0) is 4.74 Å². The number of nitrogens with zero attached hydrogens (tertiary/aromatic N) is 2. The van der Waals surface area contributed by atoms with Gasteiger partial charge in [-0.25, -0.2) is 4.79 Å². The highest BCUT2D eigenvalue weighted by atomic mass is 16.6. The van der Waals surface area contributed by atoms with Gasteiger partial charge in [-0.2, -0.15) is 0 Å². The van der Waals surface area contributed by atoms with E-state index in [0.29, 0.717) is 12.6 Å². The number of carbonyl (C=O) groups excluding carboxylic acids is 1. The molecule has 2 heterocycles. The lowest BCUT2D eigenvalue weighted by Crippen LogP contribution is -2.62. The smallest absolute Gasteiger partial charge is 0.409 e. The van der Waals surface area contributed by atoms with E-state index in [-0.39, 0.29) is 11.5 Å². The maximum absolute atomic E-state index is 11.4. The summed E-state index contributed by atoms with van der Waals surface area (Å²) < 4.78 is 5.17. The third kappa shape index (κ3) is 1.38. The fourth-order valence-corrected chi connectivity index (χ4v) is 2.75. The van der Waals surface area contributed by atoms with Crippen molar-refractivity contribution in [2.24, 2.45) is 5.41 Å². The van der Waals surface area contributed by atoms with Crippen LogP contribution in [-0.4, -0.2) is 55.7 Å².